The molecule has 0 fully saturated rings. The van der Waals surface area contributed by atoms with Gasteiger partial charge < -0.3 is 13.9 Å². The summed E-state index contributed by atoms with van der Waals surface area (Å²) in [4.78, 5) is 4.24. The predicted molar refractivity (Wildman–Crippen MR) is 103 cm³/mol. The van der Waals surface area contributed by atoms with E-state index in [2.05, 4.69) is 62.9 Å². The second-order valence-electron chi connectivity index (χ2n) is 6.26. The molecular weight excluding hydrogens is 322 g/mol. The molecule has 0 aliphatic rings. The molecule has 4 rings (SSSR count). The summed E-state index contributed by atoms with van der Waals surface area (Å²) in [7, 11) is 1.69. The van der Waals surface area contributed by atoms with Crippen molar-refractivity contribution in [2.45, 2.75) is 12.5 Å². The number of methoxy groups -OCH3 is 1. The van der Waals surface area contributed by atoms with E-state index in [-0.39, 0.29) is 6.04 Å². The number of aromatic nitrogens is 3. The molecule has 0 aliphatic heterocycles. The van der Waals surface area contributed by atoms with Gasteiger partial charge >= 0.3 is 0 Å². The van der Waals surface area contributed by atoms with Gasteiger partial charge in [-0.15, -0.1) is 0 Å². The third kappa shape index (κ3) is 3.40. The summed E-state index contributed by atoms with van der Waals surface area (Å²) < 4.78 is 9.58. The van der Waals surface area contributed by atoms with Gasteiger partial charge in [-0.1, -0.05) is 24.3 Å². The number of hydrogen-bond donors (Lipinski definition) is 0. The van der Waals surface area contributed by atoms with Gasteiger partial charge in [-0.25, -0.2) is 4.98 Å². The molecule has 0 bridgehead atoms. The largest absolute Gasteiger partial charge is 0.497 e. The van der Waals surface area contributed by atoms with Crippen molar-refractivity contribution in [2.75, 3.05) is 7.11 Å². The molecule has 0 saturated carbocycles. The van der Waals surface area contributed by atoms with E-state index in [0.29, 0.717) is 0 Å². The number of ether oxygens (including phenoxy) is 1. The van der Waals surface area contributed by atoms with Crippen LogP contribution >= 0.6 is 0 Å². The van der Waals surface area contributed by atoms with Crippen LogP contribution in [0.15, 0.2) is 91.8 Å². The maximum absolute atomic E-state index is 5.29. The van der Waals surface area contributed by atoms with E-state index in [0.717, 1.165) is 12.2 Å². The highest BCUT2D eigenvalue weighted by Gasteiger charge is 2.15. The fourth-order valence-corrected chi connectivity index (χ4v) is 3.25. The molecule has 0 amide bonds. The van der Waals surface area contributed by atoms with Crippen LogP contribution in [0.4, 0.5) is 0 Å². The molecule has 0 spiro atoms. The zero-order valence-electron chi connectivity index (χ0n) is 14.7. The molecule has 4 heteroatoms. The van der Waals surface area contributed by atoms with E-state index in [1.807, 2.05) is 43.0 Å². The van der Waals surface area contributed by atoms with Gasteiger partial charge in [0.2, 0.25) is 0 Å². The van der Waals surface area contributed by atoms with Crippen molar-refractivity contribution in [3.63, 3.8) is 0 Å². The number of benzene rings is 2. The van der Waals surface area contributed by atoms with Gasteiger partial charge in [-0.3, -0.25) is 0 Å². The monoisotopic (exact) mass is 343 g/mol. The number of imidazole rings is 1. The summed E-state index contributed by atoms with van der Waals surface area (Å²) in [6.45, 7) is 0. The van der Waals surface area contributed by atoms with Crippen LogP contribution < -0.4 is 4.74 Å². The van der Waals surface area contributed by atoms with Crippen molar-refractivity contribution in [2.24, 2.45) is 0 Å². The number of nitrogens with zero attached hydrogens (tertiary/aromatic N) is 3. The van der Waals surface area contributed by atoms with Crippen LogP contribution in [0.1, 0.15) is 17.2 Å². The quantitative estimate of drug-likeness (QED) is 0.516. The van der Waals surface area contributed by atoms with Crippen LogP contribution in [0.5, 0.6) is 5.75 Å². The van der Waals surface area contributed by atoms with E-state index < -0.39 is 0 Å². The van der Waals surface area contributed by atoms with Crippen LogP contribution in [0.3, 0.4) is 0 Å². The smallest absolute Gasteiger partial charge is 0.118 e. The summed E-state index contributed by atoms with van der Waals surface area (Å²) in [5.74, 6) is 0.868. The fourth-order valence-electron chi connectivity index (χ4n) is 3.25. The highest BCUT2D eigenvalue weighted by molar-refractivity contribution is 5.38. The number of hydrogen-bond acceptors (Lipinski definition) is 2. The van der Waals surface area contributed by atoms with Crippen LogP contribution in [-0.2, 0) is 6.42 Å². The third-order valence-electron chi connectivity index (χ3n) is 4.63. The molecule has 4 nitrogen and oxygen atoms in total. The lowest BCUT2D eigenvalue weighted by Crippen LogP contribution is -2.12. The molecule has 0 radical (unpaired) electrons. The van der Waals surface area contributed by atoms with Gasteiger partial charge in [-0.2, -0.15) is 0 Å². The standard InChI is InChI=1S/C22H21N3O/c1-26-21-9-7-19(8-10-21)22(25-14-11-23-17-25)16-18-5-4-6-20(15-18)24-12-2-3-13-24/h2-15,17,22H,16H2,1H3/t22-/m0/s1. The Hall–Kier alpha value is -3.27. The second kappa shape index (κ2) is 7.31. The molecule has 2 aromatic heterocycles. The van der Waals surface area contributed by atoms with Gasteiger partial charge in [0.25, 0.3) is 0 Å². The van der Waals surface area contributed by atoms with Gasteiger partial charge in [0.15, 0.2) is 0 Å². The molecule has 0 aliphatic carbocycles. The first-order valence-electron chi connectivity index (χ1n) is 8.67. The Balaban J connectivity index is 1.66. The maximum Gasteiger partial charge on any atom is 0.118 e. The van der Waals surface area contributed by atoms with Crippen LogP contribution in [0.2, 0.25) is 0 Å². The highest BCUT2D eigenvalue weighted by atomic mass is 16.5. The van der Waals surface area contributed by atoms with Gasteiger partial charge in [-0.05, 0) is 53.9 Å². The van der Waals surface area contributed by atoms with Gasteiger partial charge in [0.05, 0.1) is 19.5 Å². The Bertz CT molecular complexity index is 941. The minimum absolute atomic E-state index is 0.184. The van der Waals surface area contributed by atoms with Crippen molar-refractivity contribution >= 4 is 0 Å². The minimum atomic E-state index is 0.184. The molecule has 4 aromatic rings. The first-order valence-corrected chi connectivity index (χ1v) is 8.67. The molecule has 0 N–H and O–H groups in total. The Kier molecular flexibility index (Phi) is 4.56. The lowest BCUT2D eigenvalue weighted by molar-refractivity contribution is 0.414. The van der Waals surface area contributed by atoms with E-state index in [1.165, 1.54) is 16.8 Å². The second-order valence-corrected chi connectivity index (χ2v) is 6.26. The van der Waals surface area contributed by atoms with Crippen LogP contribution in [0.25, 0.3) is 5.69 Å². The van der Waals surface area contributed by atoms with Gasteiger partial charge in [0.1, 0.15) is 5.75 Å². The minimum Gasteiger partial charge on any atom is -0.497 e. The normalized spacial score (nSPS) is 12.0. The van der Waals surface area contributed by atoms with Crippen molar-refractivity contribution < 1.29 is 4.74 Å². The predicted octanol–water partition coefficient (Wildman–Crippen LogP) is 4.51. The molecular formula is C22H21N3O. The molecule has 26 heavy (non-hydrogen) atoms. The topological polar surface area (TPSA) is 32.0 Å². The number of rotatable bonds is 6. The van der Waals surface area contributed by atoms with Crippen molar-refractivity contribution in [3.8, 4) is 11.4 Å². The molecule has 0 saturated heterocycles. The highest BCUT2D eigenvalue weighted by Crippen LogP contribution is 2.26. The lowest BCUT2D eigenvalue weighted by Gasteiger charge is -2.20. The first kappa shape index (κ1) is 16.2. The SMILES string of the molecule is COc1ccc([C@H](Cc2cccc(-n3cccc3)c2)n2ccnc2)cc1. The molecule has 1 atom stereocenters. The van der Waals surface area contributed by atoms with E-state index in [1.54, 1.807) is 7.11 Å². The zero-order chi connectivity index (χ0) is 17.8. The van der Waals surface area contributed by atoms with E-state index in [9.17, 15) is 0 Å². The van der Waals surface area contributed by atoms with Crippen molar-refractivity contribution in [1.29, 1.82) is 0 Å². The zero-order valence-corrected chi connectivity index (χ0v) is 14.7. The third-order valence-corrected chi connectivity index (χ3v) is 4.63. The molecule has 2 aromatic carbocycles. The van der Waals surface area contributed by atoms with E-state index >= 15 is 0 Å². The average molecular weight is 343 g/mol. The maximum atomic E-state index is 5.29. The first-order chi connectivity index (χ1) is 12.8. The molecule has 2 heterocycles. The Labute approximate surface area is 153 Å². The van der Waals surface area contributed by atoms with E-state index in [4.69, 9.17) is 4.74 Å². The fraction of sp³-hybridized carbons (Fsp3) is 0.136. The Morgan fingerprint density at radius 1 is 0.962 bits per heavy atom. The summed E-state index contributed by atoms with van der Waals surface area (Å²) in [5.41, 5.74) is 3.69. The van der Waals surface area contributed by atoms with Crippen LogP contribution in [0, 0.1) is 0 Å². The van der Waals surface area contributed by atoms with Crippen LogP contribution in [-0.4, -0.2) is 21.2 Å². The summed E-state index contributed by atoms with van der Waals surface area (Å²) in [6.07, 6.45) is 10.7. The molecule has 0 unspecified atom stereocenters. The summed E-state index contributed by atoms with van der Waals surface area (Å²) in [6, 6.07) is 21.2. The Morgan fingerprint density at radius 3 is 2.46 bits per heavy atom. The Morgan fingerprint density at radius 2 is 1.77 bits per heavy atom. The summed E-state index contributed by atoms with van der Waals surface area (Å²) >= 11 is 0. The average Bonchev–Trinajstić information content (AvgIpc) is 3.40. The van der Waals surface area contributed by atoms with Gasteiger partial charge in [0, 0.05) is 30.5 Å². The van der Waals surface area contributed by atoms with Crippen molar-refractivity contribution in [1.82, 2.24) is 14.1 Å². The molecule has 130 valence electrons. The lowest BCUT2D eigenvalue weighted by atomic mass is 9.98. The summed E-state index contributed by atoms with van der Waals surface area (Å²) in [5, 5.41) is 0. The van der Waals surface area contributed by atoms with Crippen molar-refractivity contribution in [3.05, 3.63) is 103 Å².